The van der Waals surface area contributed by atoms with Gasteiger partial charge in [-0.3, -0.25) is 9.78 Å². The van der Waals surface area contributed by atoms with Crippen molar-refractivity contribution < 1.29 is 13.2 Å². The van der Waals surface area contributed by atoms with Gasteiger partial charge in [-0.1, -0.05) is 17.3 Å². The molecule has 3 heterocycles. The Kier molecular flexibility index (Phi) is 6.79. The summed E-state index contributed by atoms with van der Waals surface area (Å²) in [5.41, 5.74) is 0.0883. The van der Waals surface area contributed by atoms with E-state index in [-0.39, 0.29) is 33.4 Å². The summed E-state index contributed by atoms with van der Waals surface area (Å²) in [6.45, 7) is 1.64. The molecule has 47 heavy (non-hydrogen) atoms. The van der Waals surface area contributed by atoms with Gasteiger partial charge >= 0.3 is 6.18 Å². The van der Waals surface area contributed by atoms with Gasteiger partial charge in [0.2, 0.25) is 0 Å². The minimum Gasteiger partial charge on any atom is -0.382 e. The maximum atomic E-state index is 13.7. The number of alkyl halides is 3. The molecular formula is C34H30F3N9O. The third-order valence-electron chi connectivity index (χ3n) is 9.76. The Labute approximate surface area is 267 Å². The second kappa shape index (κ2) is 10.6. The van der Waals surface area contributed by atoms with E-state index in [9.17, 15) is 28.5 Å². The van der Waals surface area contributed by atoms with Crippen LogP contribution in [-0.4, -0.2) is 37.3 Å². The van der Waals surface area contributed by atoms with E-state index in [0.29, 0.717) is 27.5 Å². The molecule has 3 saturated carbocycles. The van der Waals surface area contributed by atoms with Crippen molar-refractivity contribution >= 4 is 33.1 Å². The van der Waals surface area contributed by atoms with E-state index in [1.807, 2.05) is 29.1 Å². The SMILES string of the molecule is Cn1ccc2c(C(Nc3cc(C#N)c4ncc(C#N)c(NCC(C)(C)C(F)(F)F)c4c3)c3cn(C45CC(C4)C5)nn3)cccc2c1=O. The summed E-state index contributed by atoms with van der Waals surface area (Å²) in [5, 5.41) is 36.9. The summed E-state index contributed by atoms with van der Waals surface area (Å²) in [7, 11) is 1.68. The van der Waals surface area contributed by atoms with E-state index < -0.39 is 24.2 Å². The molecule has 0 radical (unpaired) electrons. The van der Waals surface area contributed by atoms with Crippen LogP contribution in [-0.2, 0) is 12.6 Å². The van der Waals surface area contributed by atoms with Crippen LogP contribution in [0.5, 0.6) is 0 Å². The lowest BCUT2D eigenvalue weighted by Gasteiger charge is -2.61. The van der Waals surface area contributed by atoms with Crippen molar-refractivity contribution in [3.05, 3.63) is 87.7 Å². The van der Waals surface area contributed by atoms with Gasteiger partial charge in [-0.05, 0) is 74.2 Å². The molecule has 3 fully saturated rings. The first-order chi connectivity index (χ1) is 22.3. The van der Waals surface area contributed by atoms with Crippen LogP contribution in [0.2, 0.25) is 0 Å². The number of fused-ring (bicyclic) bond motifs is 2. The van der Waals surface area contributed by atoms with Crippen LogP contribution in [0.25, 0.3) is 21.7 Å². The lowest BCUT2D eigenvalue weighted by atomic mass is 9.50. The van der Waals surface area contributed by atoms with Crippen molar-refractivity contribution in [2.45, 2.75) is 50.9 Å². The summed E-state index contributed by atoms with van der Waals surface area (Å²) in [6.07, 6.45) is 3.55. The molecule has 5 aromatic rings. The highest BCUT2D eigenvalue weighted by Crippen LogP contribution is 2.62. The highest BCUT2D eigenvalue weighted by molar-refractivity contribution is 5.99. The van der Waals surface area contributed by atoms with E-state index in [2.05, 4.69) is 32.0 Å². The molecule has 8 rings (SSSR count). The molecule has 3 aromatic heterocycles. The van der Waals surface area contributed by atoms with Crippen LogP contribution in [0.1, 0.15) is 61.5 Å². The molecule has 3 aliphatic rings. The monoisotopic (exact) mass is 637 g/mol. The number of nitrogens with zero attached hydrogens (tertiary/aromatic N) is 7. The molecule has 238 valence electrons. The number of nitrogens with one attached hydrogen (secondary N) is 2. The number of pyridine rings is 2. The molecule has 10 nitrogen and oxygen atoms in total. The van der Waals surface area contributed by atoms with Crippen LogP contribution in [0.4, 0.5) is 24.5 Å². The van der Waals surface area contributed by atoms with Crippen molar-refractivity contribution in [3.8, 4) is 12.1 Å². The fraction of sp³-hybridized carbons (Fsp3) is 0.353. The Balaban J connectivity index is 1.37. The maximum absolute atomic E-state index is 13.7. The molecule has 2 N–H and O–H groups in total. The summed E-state index contributed by atoms with van der Waals surface area (Å²) >= 11 is 0. The Hall–Kier alpha value is -5.43. The Morgan fingerprint density at radius 1 is 1.06 bits per heavy atom. The summed E-state index contributed by atoms with van der Waals surface area (Å²) in [4.78, 5) is 17.4. The lowest BCUT2D eigenvalue weighted by Crippen LogP contribution is -2.59. The van der Waals surface area contributed by atoms with Gasteiger partial charge in [-0.15, -0.1) is 5.10 Å². The smallest absolute Gasteiger partial charge is 0.382 e. The van der Waals surface area contributed by atoms with Crippen molar-refractivity contribution in [2.75, 3.05) is 17.2 Å². The van der Waals surface area contributed by atoms with Gasteiger partial charge < -0.3 is 15.2 Å². The second-order valence-electron chi connectivity index (χ2n) is 13.3. The maximum Gasteiger partial charge on any atom is 0.395 e. The fourth-order valence-electron chi connectivity index (χ4n) is 6.64. The van der Waals surface area contributed by atoms with Crippen LogP contribution in [0.3, 0.4) is 0 Å². The minimum absolute atomic E-state index is 0.0176. The molecule has 2 bridgehead atoms. The topological polar surface area (TPSA) is 137 Å². The average molecular weight is 638 g/mol. The predicted molar refractivity (Wildman–Crippen MR) is 169 cm³/mol. The van der Waals surface area contributed by atoms with Crippen molar-refractivity contribution in [1.29, 1.82) is 10.5 Å². The average Bonchev–Trinajstić information content (AvgIpc) is 3.47. The van der Waals surface area contributed by atoms with Crippen LogP contribution < -0.4 is 16.2 Å². The number of hydrogen-bond donors (Lipinski definition) is 2. The number of rotatable bonds is 8. The first kappa shape index (κ1) is 30.2. The van der Waals surface area contributed by atoms with Gasteiger partial charge in [-0.2, -0.15) is 23.7 Å². The minimum atomic E-state index is -4.50. The van der Waals surface area contributed by atoms with Crippen LogP contribution in [0.15, 0.2) is 59.8 Å². The molecule has 1 unspecified atom stereocenters. The number of anilines is 2. The molecule has 0 aliphatic heterocycles. The van der Waals surface area contributed by atoms with E-state index >= 15 is 0 Å². The normalized spacial score (nSPS) is 19.4. The Morgan fingerprint density at radius 2 is 1.81 bits per heavy atom. The van der Waals surface area contributed by atoms with Gasteiger partial charge in [0, 0.05) is 42.4 Å². The van der Waals surface area contributed by atoms with Crippen molar-refractivity contribution in [1.82, 2.24) is 24.5 Å². The van der Waals surface area contributed by atoms with Crippen molar-refractivity contribution in [2.24, 2.45) is 18.4 Å². The van der Waals surface area contributed by atoms with Gasteiger partial charge in [0.15, 0.2) is 0 Å². The molecule has 0 amide bonds. The van der Waals surface area contributed by atoms with Gasteiger partial charge in [-0.25, -0.2) is 4.68 Å². The number of aryl methyl sites for hydroxylation is 1. The molecular weight excluding hydrogens is 607 g/mol. The quantitative estimate of drug-likeness (QED) is 0.207. The third kappa shape index (κ3) is 4.85. The zero-order valence-corrected chi connectivity index (χ0v) is 25.9. The van der Waals surface area contributed by atoms with Gasteiger partial charge in [0.05, 0.1) is 45.5 Å². The Bertz CT molecular complexity index is 2200. The van der Waals surface area contributed by atoms with E-state index in [0.717, 1.165) is 44.6 Å². The molecule has 0 spiro atoms. The number of hydrogen-bond acceptors (Lipinski definition) is 8. The van der Waals surface area contributed by atoms with E-state index in [1.54, 1.807) is 37.5 Å². The second-order valence-corrected chi connectivity index (χ2v) is 13.3. The number of halogens is 3. The fourth-order valence-corrected chi connectivity index (χ4v) is 6.64. The standard InChI is InChI=1S/C34H30F3N9O/c1-32(2,34(35,36)37)18-41-29-21(15-39)16-40-28-20(14-38)9-22(10-26(28)29)42-30(27-17-46(44-43-27)33-11-19(12-33)13-33)24-5-4-6-25-23(24)7-8-45(3)31(25)47/h4-10,16-17,19,30,42H,11-13,18H2,1-3H3,(H,40,41). The summed E-state index contributed by atoms with van der Waals surface area (Å²) in [6, 6.07) is 14.1. The molecule has 1 atom stereocenters. The highest BCUT2D eigenvalue weighted by Gasteiger charge is 2.59. The lowest BCUT2D eigenvalue weighted by molar-refractivity contribution is -0.206. The zero-order valence-electron chi connectivity index (χ0n) is 25.9. The van der Waals surface area contributed by atoms with E-state index in [1.165, 1.54) is 10.8 Å². The summed E-state index contributed by atoms with van der Waals surface area (Å²) in [5.74, 6) is 0.726. The Morgan fingerprint density at radius 3 is 2.47 bits per heavy atom. The molecule has 13 heteroatoms. The third-order valence-corrected chi connectivity index (χ3v) is 9.76. The molecule has 2 aromatic carbocycles. The highest BCUT2D eigenvalue weighted by atomic mass is 19.4. The first-order valence-corrected chi connectivity index (χ1v) is 15.2. The molecule has 0 saturated heterocycles. The van der Waals surface area contributed by atoms with Gasteiger partial charge in [0.25, 0.3) is 5.56 Å². The number of benzene rings is 2. The van der Waals surface area contributed by atoms with E-state index in [4.69, 9.17) is 0 Å². The van der Waals surface area contributed by atoms with Crippen LogP contribution >= 0.6 is 0 Å². The summed E-state index contributed by atoms with van der Waals surface area (Å²) < 4.78 is 44.6. The zero-order chi connectivity index (χ0) is 33.3. The van der Waals surface area contributed by atoms with Crippen LogP contribution in [0, 0.1) is 34.0 Å². The number of aromatic nitrogens is 5. The first-order valence-electron chi connectivity index (χ1n) is 15.2. The number of nitriles is 2. The predicted octanol–water partition coefficient (Wildman–Crippen LogP) is 6.13. The molecule has 3 aliphatic carbocycles. The largest absolute Gasteiger partial charge is 0.395 e. The van der Waals surface area contributed by atoms with Gasteiger partial charge in [0.1, 0.15) is 17.8 Å². The van der Waals surface area contributed by atoms with Crippen molar-refractivity contribution in [3.63, 3.8) is 0 Å².